The molecule has 1 heterocycles. The van der Waals surface area contributed by atoms with E-state index < -0.39 is 0 Å². The zero-order chi connectivity index (χ0) is 18.0. The van der Waals surface area contributed by atoms with E-state index in [2.05, 4.69) is 30.9 Å². The maximum absolute atomic E-state index is 12.4. The number of ether oxygens (including phenoxy) is 1. The summed E-state index contributed by atoms with van der Waals surface area (Å²) in [5, 5.41) is 0.689. The summed E-state index contributed by atoms with van der Waals surface area (Å²) in [4.78, 5) is 17.0. The lowest BCUT2D eigenvalue weighted by Crippen LogP contribution is -2.59. The van der Waals surface area contributed by atoms with Gasteiger partial charge in [0.2, 0.25) is 0 Å². The van der Waals surface area contributed by atoms with Gasteiger partial charge in [0, 0.05) is 42.1 Å². The highest BCUT2D eigenvalue weighted by Crippen LogP contribution is 2.38. The van der Waals surface area contributed by atoms with Gasteiger partial charge in [0.1, 0.15) is 6.10 Å². The van der Waals surface area contributed by atoms with Gasteiger partial charge in [0.15, 0.2) is 0 Å². The molecule has 0 amide bonds. The van der Waals surface area contributed by atoms with Gasteiger partial charge in [-0.05, 0) is 57.8 Å². The Hall–Kier alpha value is -0.400. The van der Waals surface area contributed by atoms with Gasteiger partial charge in [0.05, 0.1) is 0 Å². The van der Waals surface area contributed by atoms with E-state index in [1.807, 2.05) is 24.3 Å². The molecular formula is C20H29Br2ClN2O2. The molecule has 2 fully saturated rings. The largest absolute Gasteiger partial charge is 0.458 e. The first-order valence-electron chi connectivity index (χ1n) is 8.93. The minimum absolute atomic E-state index is 0. The predicted molar refractivity (Wildman–Crippen MR) is 122 cm³/mol. The summed E-state index contributed by atoms with van der Waals surface area (Å²) in [6, 6.07) is 7.87. The van der Waals surface area contributed by atoms with Crippen molar-refractivity contribution in [1.82, 2.24) is 9.80 Å². The molecular weight excluding hydrogens is 495 g/mol. The molecule has 0 spiro atoms. The number of piperidine rings is 1. The van der Waals surface area contributed by atoms with Gasteiger partial charge in [-0.25, -0.2) is 4.79 Å². The Labute approximate surface area is 188 Å². The number of likely N-dealkylation sites (tertiary alicyclic amines) is 1. The van der Waals surface area contributed by atoms with Crippen LogP contribution in [0.15, 0.2) is 30.3 Å². The monoisotopic (exact) mass is 522 g/mol. The summed E-state index contributed by atoms with van der Waals surface area (Å²) >= 11 is 5.88. The molecule has 27 heavy (non-hydrogen) atoms. The van der Waals surface area contributed by atoms with Crippen LogP contribution in [0.1, 0.15) is 18.4 Å². The van der Waals surface area contributed by atoms with Crippen LogP contribution in [0, 0.1) is 11.8 Å². The molecule has 2 bridgehead atoms. The van der Waals surface area contributed by atoms with Crippen molar-refractivity contribution in [3.63, 3.8) is 0 Å². The van der Waals surface area contributed by atoms with E-state index >= 15 is 0 Å². The van der Waals surface area contributed by atoms with Gasteiger partial charge in [-0.2, -0.15) is 0 Å². The van der Waals surface area contributed by atoms with E-state index in [1.54, 1.807) is 6.08 Å². The molecule has 4 atom stereocenters. The van der Waals surface area contributed by atoms with Crippen LogP contribution in [0.25, 0.3) is 6.08 Å². The quantitative estimate of drug-likeness (QED) is 0.434. The lowest BCUT2D eigenvalue weighted by atomic mass is 9.72. The highest BCUT2D eigenvalue weighted by Gasteiger charge is 2.46. The average Bonchev–Trinajstić information content (AvgIpc) is 2.55. The number of hydrogen-bond acceptors (Lipinski definition) is 4. The number of nitrogens with zero attached hydrogens (tertiary/aromatic N) is 2. The Morgan fingerprint density at radius 3 is 2.48 bits per heavy atom. The zero-order valence-electron chi connectivity index (χ0n) is 16.0. The molecule has 1 saturated carbocycles. The van der Waals surface area contributed by atoms with Crippen molar-refractivity contribution in [2.45, 2.75) is 25.0 Å². The van der Waals surface area contributed by atoms with E-state index in [9.17, 15) is 4.79 Å². The number of benzene rings is 1. The van der Waals surface area contributed by atoms with Crippen molar-refractivity contribution in [2.75, 3.05) is 34.2 Å². The van der Waals surface area contributed by atoms with Gasteiger partial charge in [-0.1, -0.05) is 23.7 Å². The molecule has 7 heteroatoms. The number of halogens is 3. The van der Waals surface area contributed by atoms with Crippen molar-refractivity contribution >= 4 is 57.6 Å². The molecule has 2 aliphatic rings. The number of carbonyl (C=O) groups is 1. The third-order valence-electron chi connectivity index (χ3n) is 5.48. The molecule has 0 aromatic heterocycles. The third kappa shape index (κ3) is 6.29. The SMILES string of the molecule is Br.Br.CN1CC2CC[C@@H](N(C)C)C(C1)[C@@H]2OC(=O)C=Cc1ccc(Cl)cc1. The molecule has 0 N–H and O–H groups in total. The van der Waals surface area contributed by atoms with Gasteiger partial charge >= 0.3 is 5.97 Å². The summed E-state index contributed by atoms with van der Waals surface area (Å²) < 4.78 is 5.93. The first-order chi connectivity index (χ1) is 11.9. The number of fused-ring (bicyclic) bond motifs is 2. The predicted octanol–water partition coefficient (Wildman–Crippen LogP) is 4.32. The summed E-state index contributed by atoms with van der Waals surface area (Å²) in [5.41, 5.74) is 0.941. The van der Waals surface area contributed by atoms with Crippen molar-refractivity contribution in [3.8, 4) is 0 Å². The number of hydrogen-bond donors (Lipinski definition) is 0. The van der Waals surface area contributed by atoms with Crippen LogP contribution in [0.4, 0.5) is 0 Å². The second-order valence-corrected chi connectivity index (χ2v) is 7.98. The average molecular weight is 525 g/mol. The Kier molecular flexibility index (Phi) is 10.00. The van der Waals surface area contributed by atoms with Crippen molar-refractivity contribution in [1.29, 1.82) is 0 Å². The fourth-order valence-electron chi connectivity index (χ4n) is 4.32. The van der Waals surface area contributed by atoms with E-state index in [0.717, 1.165) is 25.1 Å². The van der Waals surface area contributed by atoms with E-state index in [4.69, 9.17) is 16.3 Å². The Bertz CT molecular complexity index is 639. The second-order valence-electron chi connectivity index (χ2n) is 7.54. The standard InChI is InChI=1S/C20H27ClN2O2.2BrH/c1-22(2)18-10-7-15-12-23(3)13-17(18)20(15)25-19(24)11-6-14-4-8-16(21)9-5-14;;/h4-6,8-9,11,15,17-18,20H,7,10,12-13H2,1-3H3;2*1H/t15?,17?,18-,20-;;/m1../s1. The van der Waals surface area contributed by atoms with Crippen LogP contribution in [0.2, 0.25) is 5.02 Å². The molecule has 1 saturated heterocycles. The number of rotatable bonds is 4. The molecule has 0 radical (unpaired) electrons. The van der Waals surface area contributed by atoms with E-state index in [1.165, 1.54) is 12.5 Å². The molecule has 1 aliphatic heterocycles. The van der Waals surface area contributed by atoms with E-state index in [-0.39, 0.29) is 46.0 Å². The minimum Gasteiger partial charge on any atom is -0.458 e. The van der Waals surface area contributed by atoms with Gasteiger partial charge in [0.25, 0.3) is 0 Å². The maximum Gasteiger partial charge on any atom is 0.331 e. The summed E-state index contributed by atoms with van der Waals surface area (Å²) in [6.07, 6.45) is 5.63. The Balaban J connectivity index is 0.00000182. The topological polar surface area (TPSA) is 32.8 Å². The minimum atomic E-state index is -0.251. The Morgan fingerprint density at radius 1 is 1.19 bits per heavy atom. The van der Waals surface area contributed by atoms with Crippen LogP contribution >= 0.6 is 45.6 Å². The maximum atomic E-state index is 12.4. The van der Waals surface area contributed by atoms with Gasteiger partial charge in [-0.3, -0.25) is 0 Å². The summed E-state index contributed by atoms with van der Waals surface area (Å²) in [7, 11) is 6.41. The van der Waals surface area contributed by atoms with Crippen molar-refractivity contribution < 1.29 is 9.53 Å². The normalized spacial score (nSPS) is 27.7. The number of carbonyl (C=O) groups excluding carboxylic acids is 1. The van der Waals surface area contributed by atoms with Crippen molar-refractivity contribution in [2.24, 2.45) is 11.8 Å². The molecule has 1 aliphatic carbocycles. The Morgan fingerprint density at radius 2 is 1.85 bits per heavy atom. The molecule has 3 rings (SSSR count). The molecule has 2 unspecified atom stereocenters. The molecule has 1 aromatic carbocycles. The number of esters is 1. The second kappa shape index (κ2) is 11.0. The lowest BCUT2D eigenvalue weighted by Gasteiger charge is -2.50. The highest BCUT2D eigenvalue weighted by molar-refractivity contribution is 8.93. The van der Waals surface area contributed by atoms with Crippen LogP contribution in [-0.4, -0.2) is 62.1 Å². The fourth-order valence-corrected chi connectivity index (χ4v) is 4.45. The zero-order valence-corrected chi connectivity index (χ0v) is 20.2. The fraction of sp³-hybridized carbons (Fsp3) is 0.550. The first-order valence-corrected chi connectivity index (χ1v) is 9.31. The summed E-state index contributed by atoms with van der Waals surface area (Å²) in [5.74, 6) is 0.562. The first kappa shape index (κ1) is 24.6. The van der Waals surface area contributed by atoms with Crippen LogP contribution in [0.3, 0.4) is 0 Å². The third-order valence-corrected chi connectivity index (χ3v) is 5.73. The van der Waals surface area contributed by atoms with Crippen LogP contribution in [0.5, 0.6) is 0 Å². The molecule has 1 aromatic rings. The molecule has 152 valence electrons. The van der Waals surface area contributed by atoms with E-state index in [0.29, 0.717) is 22.9 Å². The smallest absolute Gasteiger partial charge is 0.331 e. The molecule has 4 nitrogen and oxygen atoms in total. The highest BCUT2D eigenvalue weighted by atomic mass is 79.9. The van der Waals surface area contributed by atoms with Crippen LogP contribution < -0.4 is 0 Å². The lowest BCUT2D eigenvalue weighted by molar-refractivity contribution is -0.161. The van der Waals surface area contributed by atoms with Crippen LogP contribution in [-0.2, 0) is 9.53 Å². The van der Waals surface area contributed by atoms with Crippen molar-refractivity contribution in [3.05, 3.63) is 40.9 Å². The van der Waals surface area contributed by atoms with Gasteiger partial charge < -0.3 is 14.5 Å². The summed E-state index contributed by atoms with van der Waals surface area (Å²) in [6.45, 7) is 1.99. The van der Waals surface area contributed by atoms with Gasteiger partial charge in [-0.15, -0.1) is 34.0 Å².